The quantitative estimate of drug-likeness (QED) is 0.0145. The topological polar surface area (TPSA) is 210 Å². The summed E-state index contributed by atoms with van der Waals surface area (Å²) in [6, 6.07) is 0. The molecule has 0 spiro atoms. The summed E-state index contributed by atoms with van der Waals surface area (Å²) >= 11 is 0. The second-order valence-corrected chi connectivity index (χ2v) is 20.5. The first-order valence-corrected chi connectivity index (χ1v) is 28.9. The van der Waals surface area contributed by atoms with Gasteiger partial charge in [-0.2, -0.15) is 0 Å². The van der Waals surface area contributed by atoms with Gasteiger partial charge in [-0.25, -0.2) is 4.57 Å². The predicted molar refractivity (Wildman–Crippen MR) is 276 cm³/mol. The summed E-state index contributed by atoms with van der Waals surface area (Å²) in [6.45, 7) is 3.27. The Morgan fingerprint density at radius 1 is 0.449 bits per heavy atom. The van der Waals surface area contributed by atoms with Crippen molar-refractivity contribution in [3.05, 3.63) is 48.6 Å². The number of unbranched alkanes of at least 4 members (excludes halogenated alkanes) is 26. The number of carbonyl (C=O) groups is 2. The maximum Gasteiger partial charge on any atom is 0.472 e. The number of ether oxygens (including phenoxy) is 2. The molecule has 0 saturated heterocycles. The lowest BCUT2D eigenvalue weighted by Crippen LogP contribution is -2.64. The molecule has 69 heavy (non-hydrogen) atoms. The number of hydrogen-bond acceptors (Lipinski definition) is 12. The minimum Gasteiger partial charge on any atom is -0.462 e. The highest BCUT2D eigenvalue weighted by atomic mass is 31.2. The number of carbonyl (C=O) groups excluding carboxylic acids is 2. The molecule has 0 radical (unpaired) electrons. The lowest BCUT2D eigenvalue weighted by Gasteiger charge is -2.41. The molecule has 1 saturated carbocycles. The molecule has 402 valence electrons. The van der Waals surface area contributed by atoms with Crippen molar-refractivity contribution in [2.75, 3.05) is 13.2 Å². The Kier molecular flexibility index (Phi) is 41.8. The molecule has 1 rings (SSSR count). The van der Waals surface area contributed by atoms with Crippen LogP contribution < -0.4 is 0 Å². The molecule has 0 aliphatic heterocycles. The van der Waals surface area contributed by atoms with Crippen molar-refractivity contribution in [2.45, 2.75) is 275 Å². The van der Waals surface area contributed by atoms with Gasteiger partial charge in [0.2, 0.25) is 0 Å². The van der Waals surface area contributed by atoms with E-state index in [-0.39, 0.29) is 12.8 Å². The van der Waals surface area contributed by atoms with Crippen LogP contribution in [0.25, 0.3) is 0 Å². The number of aliphatic hydroxyl groups excluding tert-OH is 5. The molecule has 1 aliphatic rings. The van der Waals surface area contributed by atoms with Crippen molar-refractivity contribution in [3.8, 4) is 0 Å². The fraction of sp³-hybridized carbons (Fsp3) is 0.818. The zero-order chi connectivity index (χ0) is 50.6. The lowest BCUT2D eigenvalue weighted by atomic mass is 9.85. The van der Waals surface area contributed by atoms with E-state index in [2.05, 4.69) is 56.4 Å². The van der Waals surface area contributed by atoms with Gasteiger partial charge in [-0.1, -0.05) is 191 Å². The van der Waals surface area contributed by atoms with E-state index in [1.54, 1.807) is 0 Å². The van der Waals surface area contributed by atoms with Crippen LogP contribution in [0, 0.1) is 0 Å². The van der Waals surface area contributed by atoms with Gasteiger partial charge in [0.25, 0.3) is 0 Å². The number of aliphatic hydroxyl groups is 5. The van der Waals surface area contributed by atoms with Crippen LogP contribution in [0.3, 0.4) is 0 Å². The Morgan fingerprint density at radius 2 is 0.812 bits per heavy atom. The molecule has 0 heterocycles. The number of hydrogen-bond donors (Lipinski definition) is 6. The van der Waals surface area contributed by atoms with Crippen LogP contribution in [0.2, 0.25) is 0 Å². The number of esters is 2. The van der Waals surface area contributed by atoms with Crippen LogP contribution in [-0.4, -0.2) is 98.3 Å². The van der Waals surface area contributed by atoms with E-state index in [9.17, 15) is 44.6 Å². The molecule has 0 aromatic rings. The zero-order valence-electron chi connectivity index (χ0n) is 43.1. The monoisotopic (exact) mass is 999 g/mol. The minimum absolute atomic E-state index is 0.0791. The smallest absolute Gasteiger partial charge is 0.462 e. The summed E-state index contributed by atoms with van der Waals surface area (Å²) in [5, 5.41) is 50.3. The second-order valence-electron chi connectivity index (χ2n) is 19.1. The maximum atomic E-state index is 12.9. The number of phosphoric acid groups is 1. The molecular weight excluding hydrogens is 900 g/mol. The van der Waals surface area contributed by atoms with Crippen LogP contribution in [0.15, 0.2) is 48.6 Å². The van der Waals surface area contributed by atoms with E-state index >= 15 is 0 Å². The average molecular weight is 999 g/mol. The minimum atomic E-state index is -5.14. The largest absolute Gasteiger partial charge is 0.472 e. The summed E-state index contributed by atoms with van der Waals surface area (Å²) in [7, 11) is -5.14. The Labute approximate surface area is 418 Å². The van der Waals surface area contributed by atoms with Crippen molar-refractivity contribution in [2.24, 2.45) is 0 Å². The van der Waals surface area contributed by atoms with E-state index in [1.807, 2.05) is 6.08 Å². The van der Waals surface area contributed by atoms with Gasteiger partial charge in [-0.05, 0) is 77.0 Å². The molecule has 0 bridgehead atoms. The third kappa shape index (κ3) is 36.4. The Morgan fingerprint density at radius 3 is 1.30 bits per heavy atom. The normalized spacial score (nSPS) is 21.2. The van der Waals surface area contributed by atoms with Crippen LogP contribution >= 0.6 is 7.82 Å². The molecule has 1 aliphatic carbocycles. The summed E-state index contributed by atoms with van der Waals surface area (Å²) in [5.41, 5.74) is 0. The number of phosphoric ester groups is 1. The summed E-state index contributed by atoms with van der Waals surface area (Å²) in [5.74, 6) is -1.15. The lowest BCUT2D eigenvalue weighted by molar-refractivity contribution is -0.220. The Balaban J connectivity index is 2.38. The Bertz CT molecular complexity index is 1390. The van der Waals surface area contributed by atoms with E-state index in [0.717, 1.165) is 77.0 Å². The molecular formula is C55H99O13P. The van der Waals surface area contributed by atoms with Crippen LogP contribution in [0.4, 0.5) is 0 Å². The Hall–Kier alpha value is -2.19. The van der Waals surface area contributed by atoms with Crippen molar-refractivity contribution in [1.82, 2.24) is 0 Å². The average Bonchev–Trinajstić information content (AvgIpc) is 3.33. The van der Waals surface area contributed by atoms with Gasteiger partial charge in [0.15, 0.2) is 6.10 Å². The maximum absolute atomic E-state index is 12.9. The van der Waals surface area contributed by atoms with Gasteiger partial charge >= 0.3 is 19.8 Å². The third-order valence-corrected chi connectivity index (χ3v) is 13.6. The molecule has 13 nitrogen and oxygen atoms in total. The van der Waals surface area contributed by atoms with Crippen molar-refractivity contribution < 1.29 is 63.1 Å². The van der Waals surface area contributed by atoms with Crippen LogP contribution in [0.5, 0.6) is 0 Å². The van der Waals surface area contributed by atoms with Gasteiger partial charge in [-0.15, -0.1) is 0 Å². The van der Waals surface area contributed by atoms with E-state index in [1.165, 1.54) is 109 Å². The second kappa shape index (κ2) is 44.5. The first kappa shape index (κ1) is 64.8. The zero-order valence-corrected chi connectivity index (χ0v) is 44.0. The summed E-state index contributed by atoms with van der Waals surface area (Å²) < 4.78 is 33.6. The van der Waals surface area contributed by atoms with E-state index in [0.29, 0.717) is 19.3 Å². The van der Waals surface area contributed by atoms with Crippen molar-refractivity contribution in [3.63, 3.8) is 0 Å². The molecule has 0 amide bonds. The fourth-order valence-corrected chi connectivity index (χ4v) is 9.19. The highest BCUT2D eigenvalue weighted by Gasteiger charge is 2.51. The standard InChI is InChI=1S/C55H99O13P/c1-3-5-7-9-11-13-15-17-19-21-22-23-24-25-26-28-29-31-33-35-37-39-41-43-48(56)65-45-47(46-66-69(63,64)68-55-53(61)51(59)50(58)52(60)54(55)62)67-49(57)44-42-40-38-36-34-32-30-27-20-18-16-14-12-10-8-6-4-2/h12,14,18,20,28-29,35,37,47,50-55,58-62H,3-11,13,15-17,19,21-27,30-34,36,38-46H2,1-2H3,(H,63,64)/b14-12+,20-18+,29-28+,37-35+/t47-,50?,51-,52?,53?,54?,55?/m0/s1. The highest BCUT2D eigenvalue weighted by molar-refractivity contribution is 7.47. The van der Waals surface area contributed by atoms with Gasteiger partial charge in [-0.3, -0.25) is 18.6 Å². The first-order chi connectivity index (χ1) is 33.4. The summed E-state index contributed by atoms with van der Waals surface area (Å²) in [6.07, 6.45) is 41.7. The van der Waals surface area contributed by atoms with Gasteiger partial charge < -0.3 is 39.9 Å². The number of rotatable bonds is 46. The first-order valence-electron chi connectivity index (χ1n) is 27.4. The van der Waals surface area contributed by atoms with Gasteiger partial charge in [0.05, 0.1) is 6.61 Å². The predicted octanol–water partition coefficient (Wildman–Crippen LogP) is 12.3. The van der Waals surface area contributed by atoms with Gasteiger partial charge in [0, 0.05) is 12.8 Å². The van der Waals surface area contributed by atoms with Crippen LogP contribution in [0.1, 0.15) is 232 Å². The van der Waals surface area contributed by atoms with Crippen molar-refractivity contribution >= 4 is 19.8 Å². The highest BCUT2D eigenvalue weighted by Crippen LogP contribution is 2.47. The third-order valence-electron chi connectivity index (χ3n) is 12.6. The SMILES string of the molecule is CCCCC/C=C/C/C=C/CCCCCCCCCC(=O)O[C@@H](COC(=O)CCC/C=C/CC/C=C/CCCCCCCCCCCCCCCC)COP(=O)(O)OC1C(O)C(O)C(O)[C@H](O)C1O. The van der Waals surface area contributed by atoms with Gasteiger partial charge in [0.1, 0.15) is 43.2 Å². The fourth-order valence-electron chi connectivity index (χ4n) is 8.22. The van der Waals surface area contributed by atoms with E-state index < -0.39 is 75.7 Å². The molecule has 14 heteroatoms. The molecule has 1 fully saturated rings. The molecule has 6 N–H and O–H groups in total. The van der Waals surface area contributed by atoms with Crippen LogP contribution in [-0.2, 0) is 32.7 Å². The van der Waals surface area contributed by atoms with E-state index in [4.69, 9.17) is 18.5 Å². The molecule has 8 atom stereocenters. The molecule has 0 aromatic heterocycles. The number of allylic oxidation sites excluding steroid dienone is 8. The molecule has 0 aromatic carbocycles. The molecule has 6 unspecified atom stereocenters. The van der Waals surface area contributed by atoms with Crippen molar-refractivity contribution in [1.29, 1.82) is 0 Å². The summed E-state index contributed by atoms with van der Waals surface area (Å²) in [4.78, 5) is 35.9.